The minimum atomic E-state index is -0.523. The molecule has 1 amide bonds. The number of non-ortho nitro benzene ring substituents is 1. The average Bonchev–Trinajstić information content (AvgIpc) is 3.20. The summed E-state index contributed by atoms with van der Waals surface area (Å²) in [6.45, 7) is 3.13. The number of aromatic nitrogens is 4. The van der Waals surface area contributed by atoms with Gasteiger partial charge in [0.2, 0.25) is 5.16 Å². The molecule has 1 aromatic heterocycles. The lowest BCUT2D eigenvalue weighted by atomic mass is 10.1. The Kier molecular flexibility index (Phi) is 6.76. The largest absolute Gasteiger partial charge is 0.322 e. The number of carbonyl (C=O) groups is 1. The first-order valence-electron chi connectivity index (χ1n) is 10.3. The molecule has 166 valence electrons. The maximum atomic E-state index is 13.0. The summed E-state index contributed by atoms with van der Waals surface area (Å²) in [4.78, 5) is 26.7. The predicted molar refractivity (Wildman–Crippen MR) is 120 cm³/mol. The van der Waals surface area contributed by atoms with Gasteiger partial charge in [0, 0.05) is 36.3 Å². The number of likely N-dealkylation sites (tertiary alicyclic amines) is 1. The number of anilines is 1. The van der Waals surface area contributed by atoms with E-state index in [0.29, 0.717) is 15.7 Å². The molecule has 1 saturated heterocycles. The zero-order valence-corrected chi connectivity index (χ0v) is 18.4. The average molecular weight is 454 g/mol. The van der Waals surface area contributed by atoms with Crippen molar-refractivity contribution in [3.63, 3.8) is 0 Å². The molecule has 4 rings (SSSR count). The van der Waals surface area contributed by atoms with Crippen molar-refractivity contribution >= 4 is 29.0 Å². The van der Waals surface area contributed by atoms with Crippen LogP contribution in [-0.4, -0.2) is 49.0 Å². The maximum absolute atomic E-state index is 13.0. The molecule has 0 unspecified atom stereocenters. The van der Waals surface area contributed by atoms with Gasteiger partial charge in [0.1, 0.15) is 0 Å². The number of tetrazole rings is 1. The van der Waals surface area contributed by atoms with Crippen molar-refractivity contribution in [3.05, 3.63) is 63.7 Å². The van der Waals surface area contributed by atoms with Gasteiger partial charge in [-0.2, -0.15) is 0 Å². The monoisotopic (exact) mass is 453 g/mol. The number of rotatable bonds is 7. The van der Waals surface area contributed by atoms with Crippen LogP contribution >= 0.6 is 11.8 Å². The van der Waals surface area contributed by atoms with Crippen molar-refractivity contribution in [2.75, 3.05) is 18.4 Å². The Morgan fingerprint density at radius 2 is 1.91 bits per heavy atom. The van der Waals surface area contributed by atoms with E-state index in [0.717, 1.165) is 19.6 Å². The van der Waals surface area contributed by atoms with E-state index in [4.69, 9.17) is 0 Å². The van der Waals surface area contributed by atoms with E-state index in [-0.39, 0.29) is 11.3 Å². The Hall–Kier alpha value is -3.31. The molecule has 1 aliphatic heterocycles. The first kappa shape index (κ1) is 21.9. The van der Waals surface area contributed by atoms with Crippen molar-refractivity contribution in [2.45, 2.75) is 35.9 Å². The Balaban J connectivity index is 1.50. The summed E-state index contributed by atoms with van der Waals surface area (Å²) in [7, 11) is 1.68. The zero-order valence-electron chi connectivity index (χ0n) is 17.6. The van der Waals surface area contributed by atoms with Crippen LogP contribution in [0.1, 0.15) is 35.2 Å². The highest BCUT2D eigenvalue weighted by atomic mass is 32.2. The Bertz CT molecular complexity index is 1110. The third kappa shape index (κ3) is 5.29. The summed E-state index contributed by atoms with van der Waals surface area (Å²) >= 11 is 1.17. The van der Waals surface area contributed by atoms with Gasteiger partial charge in [0.05, 0.1) is 10.5 Å². The second-order valence-corrected chi connectivity index (χ2v) is 8.62. The number of hydrogen-bond acceptors (Lipinski definition) is 8. The minimum absolute atomic E-state index is 0.160. The van der Waals surface area contributed by atoms with E-state index in [1.807, 2.05) is 24.3 Å². The smallest absolute Gasteiger partial charge is 0.270 e. The first-order valence-corrected chi connectivity index (χ1v) is 11.1. The van der Waals surface area contributed by atoms with Crippen molar-refractivity contribution in [1.29, 1.82) is 0 Å². The molecular formula is C21H23N7O3S. The number of piperidine rings is 1. The molecule has 0 atom stereocenters. The predicted octanol–water partition coefficient (Wildman–Crippen LogP) is 3.51. The van der Waals surface area contributed by atoms with Crippen LogP contribution < -0.4 is 5.32 Å². The summed E-state index contributed by atoms with van der Waals surface area (Å²) < 4.78 is 1.47. The van der Waals surface area contributed by atoms with Crippen LogP contribution in [0.2, 0.25) is 0 Å². The van der Waals surface area contributed by atoms with Crippen molar-refractivity contribution in [1.82, 2.24) is 25.1 Å². The molecule has 0 aliphatic carbocycles. The number of carbonyl (C=O) groups excluding carboxylic acids is 1. The number of amides is 1. The Morgan fingerprint density at radius 1 is 1.16 bits per heavy atom. The first-order chi connectivity index (χ1) is 15.5. The summed E-state index contributed by atoms with van der Waals surface area (Å²) in [5, 5.41) is 25.8. The van der Waals surface area contributed by atoms with Crippen LogP contribution in [0.4, 0.5) is 11.4 Å². The van der Waals surface area contributed by atoms with Gasteiger partial charge >= 0.3 is 0 Å². The van der Waals surface area contributed by atoms with E-state index < -0.39 is 10.8 Å². The van der Waals surface area contributed by atoms with Crippen LogP contribution in [0.25, 0.3) is 0 Å². The fourth-order valence-electron chi connectivity index (χ4n) is 3.57. The molecule has 1 N–H and O–H groups in total. The summed E-state index contributed by atoms with van der Waals surface area (Å²) in [5.41, 5.74) is 1.84. The van der Waals surface area contributed by atoms with Gasteiger partial charge in [-0.25, -0.2) is 4.68 Å². The fourth-order valence-corrected chi connectivity index (χ4v) is 4.41. The number of benzene rings is 2. The van der Waals surface area contributed by atoms with Crippen molar-refractivity contribution in [3.8, 4) is 0 Å². The van der Waals surface area contributed by atoms with Gasteiger partial charge in [-0.15, -0.1) is 5.10 Å². The molecule has 0 radical (unpaired) electrons. The van der Waals surface area contributed by atoms with Crippen LogP contribution in [0.3, 0.4) is 0 Å². The van der Waals surface area contributed by atoms with Gasteiger partial charge in [0.25, 0.3) is 11.6 Å². The molecule has 0 bridgehead atoms. The molecule has 1 fully saturated rings. The van der Waals surface area contributed by atoms with Crippen LogP contribution in [0, 0.1) is 10.1 Å². The van der Waals surface area contributed by atoms with Gasteiger partial charge in [0.15, 0.2) is 0 Å². The van der Waals surface area contributed by atoms with Crippen LogP contribution in [0.15, 0.2) is 52.5 Å². The molecule has 2 aromatic carbocycles. The molecule has 1 aliphatic rings. The molecule has 0 spiro atoms. The SMILES string of the molecule is Cn1nnnc1Sc1ccc([N+](=O)[O-])cc1C(=O)Nc1ccc(CN2CCCCC2)cc1. The fraction of sp³-hybridized carbons (Fsp3) is 0.333. The van der Waals surface area contributed by atoms with E-state index in [2.05, 4.69) is 25.7 Å². The van der Waals surface area contributed by atoms with E-state index >= 15 is 0 Å². The number of nitro groups is 1. The minimum Gasteiger partial charge on any atom is -0.322 e. The normalized spacial score (nSPS) is 14.3. The van der Waals surface area contributed by atoms with Gasteiger partial charge in [-0.1, -0.05) is 18.6 Å². The molecule has 32 heavy (non-hydrogen) atoms. The Morgan fingerprint density at radius 3 is 2.56 bits per heavy atom. The molecule has 11 heteroatoms. The van der Waals surface area contributed by atoms with E-state index in [1.54, 1.807) is 7.05 Å². The molecule has 0 saturated carbocycles. The number of aryl methyl sites for hydroxylation is 1. The second kappa shape index (κ2) is 9.88. The van der Waals surface area contributed by atoms with Crippen molar-refractivity contribution in [2.24, 2.45) is 7.05 Å². The Labute approximate surface area is 189 Å². The summed E-state index contributed by atoms with van der Waals surface area (Å²) in [6.07, 6.45) is 3.77. The summed E-state index contributed by atoms with van der Waals surface area (Å²) in [6, 6.07) is 11.9. The second-order valence-electron chi connectivity index (χ2n) is 7.61. The molecule has 3 aromatic rings. The zero-order chi connectivity index (χ0) is 22.5. The highest BCUT2D eigenvalue weighted by Crippen LogP contribution is 2.31. The quantitative estimate of drug-likeness (QED) is 0.426. The van der Waals surface area contributed by atoms with Gasteiger partial charge in [-0.3, -0.25) is 19.8 Å². The van der Waals surface area contributed by atoms with Crippen LogP contribution in [0.5, 0.6) is 0 Å². The lowest BCUT2D eigenvalue weighted by Crippen LogP contribution is -2.29. The standard InChI is InChI=1S/C21H23N7O3S/c1-26-21(23-24-25-26)32-19-10-9-17(28(30)31)13-18(19)20(29)22-16-7-5-15(6-8-16)14-27-11-3-2-4-12-27/h5-10,13H,2-4,11-12,14H2,1H3,(H,22,29). The highest BCUT2D eigenvalue weighted by molar-refractivity contribution is 7.99. The number of hydrogen-bond donors (Lipinski definition) is 1. The van der Waals surface area contributed by atoms with E-state index in [9.17, 15) is 14.9 Å². The van der Waals surface area contributed by atoms with Gasteiger partial charge in [-0.05, 0) is 71.9 Å². The topological polar surface area (TPSA) is 119 Å². The van der Waals surface area contributed by atoms with E-state index in [1.165, 1.54) is 59.5 Å². The molecule has 2 heterocycles. The highest BCUT2D eigenvalue weighted by Gasteiger charge is 2.19. The summed E-state index contributed by atoms with van der Waals surface area (Å²) in [5.74, 6) is -0.435. The lowest BCUT2D eigenvalue weighted by Gasteiger charge is -2.26. The number of nitrogens with zero attached hydrogens (tertiary/aromatic N) is 6. The maximum Gasteiger partial charge on any atom is 0.270 e. The number of nitrogens with one attached hydrogen (secondary N) is 1. The molecule has 10 nitrogen and oxygen atoms in total. The van der Waals surface area contributed by atoms with Gasteiger partial charge < -0.3 is 5.32 Å². The van der Waals surface area contributed by atoms with Crippen molar-refractivity contribution < 1.29 is 9.72 Å². The molecular weight excluding hydrogens is 430 g/mol. The number of nitro benzene ring substituents is 1. The lowest BCUT2D eigenvalue weighted by molar-refractivity contribution is -0.384. The third-order valence-electron chi connectivity index (χ3n) is 5.27. The third-order valence-corrected chi connectivity index (χ3v) is 6.37. The van der Waals surface area contributed by atoms with Crippen LogP contribution in [-0.2, 0) is 13.6 Å².